The van der Waals surface area contributed by atoms with E-state index in [4.69, 9.17) is 0 Å². The molecule has 7 heteroatoms. The van der Waals surface area contributed by atoms with Gasteiger partial charge in [-0.3, -0.25) is 9.59 Å². The largest absolute Gasteiger partial charge is 0.351 e. The summed E-state index contributed by atoms with van der Waals surface area (Å²) in [7, 11) is 0. The predicted molar refractivity (Wildman–Crippen MR) is 103 cm³/mol. The lowest BCUT2D eigenvalue weighted by molar-refractivity contribution is -0.114. The van der Waals surface area contributed by atoms with Crippen LogP contribution in [0.25, 0.3) is 0 Å². The molecule has 0 radical (unpaired) electrons. The maximum Gasteiger partial charge on any atom is 0.270 e. The van der Waals surface area contributed by atoms with Gasteiger partial charge in [0.15, 0.2) is 0 Å². The van der Waals surface area contributed by atoms with Crippen LogP contribution in [0, 0.1) is 12.8 Å². The highest BCUT2D eigenvalue weighted by atomic mass is 16.2. The molecule has 2 rings (SSSR count). The highest BCUT2D eigenvalue weighted by Gasteiger charge is 2.11. The molecule has 0 aliphatic carbocycles. The van der Waals surface area contributed by atoms with Crippen molar-refractivity contribution < 1.29 is 9.59 Å². The Bertz CT molecular complexity index is 772. The van der Waals surface area contributed by atoms with Crippen molar-refractivity contribution in [2.45, 2.75) is 34.1 Å². The van der Waals surface area contributed by atoms with Crippen molar-refractivity contribution in [2.24, 2.45) is 5.92 Å². The van der Waals surface area contributed by atoms with Gasteiger partial charge in [-0.05, 0) is 49.6 Å². The number of carbonyl (C=O) groups excluding carboxylic acids is 2. The smallest absolute Gasteiger partial charge is 0.270 e. The SMILES string of the molecule is CC(=O)Nc1ccc(Nc2nc(C)cc(C(=O)NCCC(C)C)n2)cc1. The number of rotatable bonds is 7. The number of aromatic nitrogens is 2. The summed E-state index contributed by atoms with van der Waals surface area (Å²) in [5, 5.41) is 8.66. The quantitative estimate of drug-likeness (QED) is 0.708. The summed E-state index contributed by atoms with van der Waals surface area (Å²) < 4.78 is 0. The van der Waals surface area contributed by atoms with E-state index in [-0.39, 0.29) is 11.8 Å². The fourth-order valence-electron chi connectivity index (χ4n) is 2.27. The van der Waals surface area contributed by atoms with Gasteiger partial charge in [0.1, 0.15) is 5.69 Å². The number of nitrogens with one attached hydrogen (secondary N) is 3. The van der Waals surface area contributed by atoms with Crippen molar-refractivity contribution in [1.82, 2.24) is 15.3 Å². The Balaban J connectivity index is 2.06. The average molecular weight is 355 g/mol. The number of nitrogens with zero attached hydrogens (tertiary/aromatic N) is 2. The normalized spacial score (nSPS) is 10.5. The number of amides is 2. The van der Waals surface area contributed by atoms with Crippen LogP contribution in [0.5, 0.6) is 0 Å². The Kier molecular flexibility index (Phi) is 6.66. The van der Waals surface area contributed by atoms with Crippen LogP contribution < -0.4 is 16.0 Å². The molecule has 0 atom stereocenters. The van der Waals surface area contributed by atoms with Crippen LogP contribution in [-0.4, -0.2) is 28.3 Å². The van der Waals surface area contributed by atoms with Crippen molar-refractivity contribution in [3.63, 3.8) is 0 Å². The van der Waals surface area contributed by atoms with Crippen molar-refractivity contribution in [2.75, 3.05) is 17.2 Å². The topological polar surface area (TPSA) is 96.0 Å². The second-order valence-corrected chi connectivity index (χ2v) is 6.54. The zero-order valence-electron chi connectivity index (χ0n) is 15.6. The lowest BCUT2D eigenvalue weighted by Gasteiger charge is -2.10. The van der Waals surface area contributed by atoms with E-state index in [1.807, 2.05) is 6.92 Å². The van der Waals surface area contributed by atoms with Crippen LogP contribution in [0.15, 0.2) is 30.3 Å². The fourth-order valence-corrected chi connectivity index (χ4v) is 2.27. The Labute approximate surface area is 153 Å². The first-order valence-electron chi connectivity index (χ1n) is 8.62. The molecule has 7 nitrogen and oxygen atoms in total. The van der Waals surface area contributed by atoms with Gasteiger partial charge in [0, 0.05) is 30.5 Å². The van der Waals surface area contributed by atoms with E-state index in [1.165, 1.54) is 6.92 Å². The second kappa shape index (κ2) is 8.94. The van der Waals surface area contributed by atoms with Crippen molar-refractivity contribution in [1.29, 1.82) is 0 Å². The van der Waals surface area contributed by atoms with Crippen molar-refractivity contribution >= 4 is 29.1 Å². The minimum absolute atomic E-state index is 0.124. The lowest BCUT2D eigenvalue weighted by Crippen LogP contribution is -2.26. The molecule has 0 unspecified atom stereocenters. The van der Waals surface area contributed by atoms with E-state index in [1.54, 1.807) is 30.3 Å². The van der Waals surface area contributed by atoms with Crippen molar-refractivity contribution in [3.8, 4) is 0 Å². The monoisotopic (exact) mass is 355 g/mol. The molecule has 0 aliphatic rings. The molecular formula is C19H25N5O2. The molecule has 0 saturated heterocycles. The number of benzene rings is 1. The second-order valence-electron chi connectivity index (χ2n) is 6.54. The van der Waals surface area contributed by atoms with Gasteiger partial charge in [-0.25, -0.2) is 9.97 Å². The van der Waals surface area contributed by atoms with Crippen LogP contribution in [-0.2, 0) is 4.79 Å². The first-order valence-corrected chi connectivity index (χ1v) is 8.62. The molecule has 26 heavy (non-hydrogen) atoms. The van der Waals surface area contributed by atoms with Crippen LogP contribution >= 0.6 is 0 Å². The molecule has 0 saturated carbocycles. The Morgan fingerprint density at radius 1 is 1.08 bits per heavy atom. The van der Waals surface area contributed by atoms with Crippen LogP contribution in [0.4, 0.5) is 17.3 Å². The van der Waals surface area contributed by atoms with Gasteiger partial charge in [0.25, 0.3) is 5.91 Å². The third kappa shape index (κ3) is 6.16. The summed E-state index contributed by atoms with van der Waals surface area (Å²) in [5.41, 5.74) is 2.50. The fraction of sp³-hybridized carbons (Fsp3) is 0.368. The van der Waals surface area contributed by atoms with Gasteiger partial charge in [0.05, 0.1) is 0 Å². The third-order valence-electron chi connectivity index (χ3n) is 3.56. The zero-order valence-corrected chi connectivity index (χ0v) is 15.6. The molecule has 2 aromatic rings. The number of aryl methyl sites for hydroxylation is 1. The van der Waals surface area contributed by atoms with Crippen LogP contribution in [0.1, 0.15) is 43.4 Å². The Morgan fingerprint density at radius 2 is 1.73 bits per heavy atom. The summed E-state index contributed by atoms with van der Waals surface area (Å²) in [6.45, 7) is 8.12. The highest BCUT2D eigenvalue weighted by molar-refractivity contribution is 5.92. The summed E-state index contributed by atoms with van der Waals surface area (Å²) in [5.74, 6) is 0.549. The van der Waals surface area contributed by atoms with Gasteiger partial charge < -0.3 is 16.0 Å². The molecule has 0 aliphatic heterocycles. The highest BCUT2D eigenvalue weighted by Crippen LogP contribution is 2.17. The molecule has 0 bridgehead atoms. The number of hydrogen-bond acceptors (Lipinski definition) is 5. The van der Waals surface area contributed by atoms with E-state index in [2.05, 4.69) is 39.8 Å². The predicted octanol–water partition coefficient (Wildman–Crippen LogP) is 3.26. The van der Waals surface area contributed by atoms with E-state index >= 15 is 0 Å². The van der Waals surface area contributed by atoms with Crippen LogP contribution in [0.3, 0.4) is 0 Å². The summed E-state index contributed by atoms with van der Waals surface area (Å²) in [6, 6.07) is 8.83. The average Bonchev–Trinajstić information content (AvgIpc) is 2.55. The van der Waals surface area contributed by atoms with Crippen LogP contribution in [0.2, 0.25) is 0 Å². The summed E-state index contributed by atoms with van der Waals surface area (Å²) in [6.07, 6.45) is 0.918. The van der Waals surface area contributed by atoms with E-state index in [0.717, 1.165) is 12.1 Å². The van der Waals surface area contributed by atoms with E-state index in [0.29, 0.717) is 35.5 Å². The van der Waals surface area contributed by atoms with E-state index in [9.17, 15) is 9.59 Å². The van der Waals surface area contributed by atoms with Gasteiger partial charge in [-0.1, -0.05) is 13.8 Å². The summed E-state index contributed by atoms with van der Waals surface area (Å²) >= 11 is 0. The Morgan fingerprint density at radius 3 is 2.35 bits per heavy atom. The zero-order chi connectivity index (χ0) is 19.1. The molecule has 138 valence electrons. The van der Waals surface area contributed by atoms with E-state index < -0.39 is 0 Å². The molecule has 0 fully saturated rings. The van der Waals surface area contributed by atoms with Gasteiger partial charge >= 0.3 is 0 Å². The first kappa shape index (κ1) is 19.4. The lowest BCUT2D eigenvalue weighted by atomic mass is 10.1. The molecule has 1 aromatic carbocycles. The minimum atomic E-state index is -0.208. The van der Waals surface area contributed by atoms with Gasteiger partial charge in [-0.2, -0.15) is 0 Å². The molecule has 0 spiro atoms. The number of carbonyl (C=O) groups is 2. The molecular weight excluding hydrogens is 330 g/mol. The maximum atomic E-state index is 12.3. The standard InChI is InChI=1S/C19H25N5O2/c1-12(2)9-10-20-18(26)17-11-13(3)21-19(24-17)23-16-7-5-15(6-8-16)22-14(4)25/h5-8,11-12H,9-10H2,1-4H3,(H,20,26)(H,22,25)(H,21,23,24). The van der Waals surface area contributed by atoms with Gasteiger partial charge in [-0.15, -0.1) is 0 Å². The number of hydrogen-bond donors (Lipinski definition) is 3. The molecule has 3 N–H and O–H groups in total. The maximum absolute atomic E-state index is 12.3. The summed E-state index contributed by atoms with van der Waals surface area (Å²) in [4.78, 5) is 31.9. The third-order valence-corrected chi connectivity index (χ3v) is 3.56. The minimum Gasteiger partial charge on any atom is -0.351 e. The van der Waals surface area contributed by atoms with Crippen molar-refractivity contribution in [3.05, 3.63) is 41.7 Å². The number of anilines is 3. The first-order chi connectivity index (χ1) is 12.3. The molecule has 1 heterocycles. The van der Waals surface area contributed by atoms with Gasteiger partial charge in [0.2, 0.25) is 11.9 Å². The Hall–Kier alpha value is -2.96. The molecule has 2 amide bonds. The molecule has 1 aromatic heterocycles.